The number of methoxy groups -OCH3 is 1. The fourth-order valence-corrected chi connectivity index (χ4v) is 2.34. The monoisotopic (exact) mass is 231 g/mol. The summed E-state index contributed by atoms with van der Waals surface area (Å²) in [6.07, 6.45) is 3.81. The van der Waals surface area contributed by atoms with Crippen LogP contribution in [0.2, 0.25) is 0 Å². The van der Waals surface area contributed by atoms with Crippen molar-refractivity contribution in [3.8, 4) is 0 Å². The molecule has 1 fully saturated rings. The largest absolute Gasteiger partial charge is 0.396 e. The van der Waals surface area contributed by atoms with Gasteiger partial charge in [-0.2, -0.15) is 0 Å². The van der Waals surface area contributed by atoms with E-state index in [1.54, 1.807) is 7.11 Å². The predicted octanol–water partition coefficient (Wildman–Crippen LogP) is 0.933. The first-order valence-electron chi connectivity index (χ1n) is 6.21. The van der Waals surface area contributed by atoms with Crippen LogP contribution in [-0.2, 0) is 9.47 Å². The minimum Gasteiger partial charge on any atom is -0.396 e. The van der Waals surface area contributed by atoms with Gasteiger partial charge in [0.05, 0.1) is 6.61 Å². The molecule has 1 aliphatic heterocycles. The molecule has 0 bridgehead atoms. The minimum atomic E-state index is 0.0478. The Morgan fingerprint density at radius 3 is 2.62 bits per heavy atom. The second-order valence-corrected chi connectivity index (χ2v) is 4.57. The van der Waals surface area contributed by atoms with Crippen molar-refractivity contribution in [1.29, 1.82) is 0 Å². The molecule has 16 heavy (non-hydrogen) atoms. The van der Waals surface area contributed by atoms with Crippen molar-refractivity contribution in [3.05, 3.63) is 0 Å². The van der Waals surface area contributed by atoms with Gasteiger partial charge in [-0.1, -0.05) is 6.92 Å². The molecule has 96 valence electrons. The molecule has 4 nitrogen and oxygen atoms in total. The molecule has 1 heterocycles. The van der Waals surface area contributed by atoms with Crippen molar-refractivity contribution in [2.75, 3.05) is 33.5 Å². The first-order chi connectivity index (χ1) is 7.76. The van der Waals surface area contributed by atoms with E-state index < -0.39 is 0 Å². The van der Waals surface area contributed by atoms with Crippen LogP contribution in [0.25, 0.3) is 0 Å². The highest BCUT2D eigenvalue weighted by atomic mass is 16.5. The van der Waals surface area contributed by atoms with Gasteiger partial charge in [0.1, 0.15) is 0 Å². The van der Waals surface area contributed by atoms with Crippen molar-refractivity contribution < 1.29 is 14.6 Å². The van der Waals surface area contributed by atoms with E-state index in [0.717, 1.165) is 45.5 Å². The number of ether oxygens (including phenoxy) is 2. The van der Waals surface area contributed by atoms with Gasteiger partial charge in [0.2, 0.25) is 0 Å². The lowest BCUT2D eigenvalue weighted by Gasteiger charge is -2.40. The van der Waals surface area contributed by atoms with Gasteiger partial charge in [0.25, 0.3) is 0 Å². The van der Waals surface area contributed by atoms with Crippen LogP contribution in [0.3, 0.4) is 0 Å². The molecule has 4 heteroatoms. The summed E-state index contributed by atoms with van der Waals surface area (Å²) in [4.78, 5) is 0. The number of aliphatic hydroxyl groups excluding tert-OH is 1. The topological polar surface area (TPSA) is 50.7 Å². The second-order valence-electron chi connectivity index (χ2n) is 4.57. The highest BCUT2D eigenvalue weighted by Gasteiger charge is 2.33. The SMILES string of the molecule is CCC(COC)NC1(CCO)CCOCC1. The third-order valence-electron chi connectivity index (χ3n) is 3.41. The summed E-state index contributed by atoms with van der Waals surface area (Å²) in [6, 6.07) is 0.370. The Hall–Kier alpha value is -0.160. The van der Waals surface area contributed by atoms with Gasteiger partial charge in [-0.25, -0.2) is 0 Å². The lowest BCUT2D eigenvalue weighted by molar-refractivity contribution is 0.0158. The lowest BCUT2D eigenvalue weighted by Crippen LogP contribution is -2.55. The zero-order valence-corrected chi connectivity index (χ0v) is 10.5. The standard InChI is InChI=1S/C12H25NO3/c1-3-11(10-15-2)13-12(4-7-14)5-8-16-9-6-12/h11,13-14H,3-10H2,1-2H3. The van der Waals surface area contributed by atoms with E-state index >= 15 is 0 Å². The van der Waals surface area contributed by atoms with Crippen LogP contribution in [0.1, 0.15) is 32.6 Å². The van der Waals surface area contributed by atoms with Gasteiger partial charge in [0, 0.05) is 38.5 Å². The molecule has 1 unspecified atom stereocenters. The molecule has 0 spiro atoms. The minimum absolute atomic E-state index is 0.0478. The van der Waals surface area contributed by atoms with E-state index in [2.05, 4.69) is 12.2 Å². The van der Waals surface area contributed by atoms with Crippen molar-refractivity contribution in [2.24, 2.45) is 0 Å². The summed E-state index contributed by atoms with van der Waals surface area (Å²) in [7, 11) is 1.73. The van der Waals surface area contributed by atoms with Crippen molar-refractivity contribution in [3.63, 3.8) is 0 Å². The average Bonchev–Trinajstić information content (AvgIpc) is 2.30. The summed E-state index contributed by atoms with van der Waals surface area (Å²) in [5.74, 6) is 0. The van der Waals surface area contributed by atoms with Gasteiger partial charge < -0.3 is 19.9 Å². The maximum absolute atomic E-state index is 9.19. The Morgan fingerprint density at radius 1 is 1.44 bits per heavy atom. The number of rotatable bonds is 7. The molecule has 1 atom stereocenters. The first kappa shape index (κ1) is 13.9. The van der Waals surface area contributed by atoms with Gasteiger partial charge in [-0.15, -0.1) is 0 Å². The number of nitrogens with one attached hydrogen (secondary N) is 1. The second kappa shape index (κ2) is 7.22. The highest BCUT2D eigenvalue weighted by molar-refractivity contribution is 4.92. The summed E-state index contributed by atoms with van der Waals surface area (Å²) < 4.78 is 10.6. The van der Waals surface area contributed by atoms with Crippen LogP contribution in [0, 0.1) is 0 Å². The molecule has 1 saturated heterocycles. The summed E-state index contributed by atoms with van der Waals surface area (Å²) in [6.45, 7) is 4.69. The van der Waals surface area contributed by atoms with Crippen LogP contribution >= 0.6 is 0 Å². The zero-order chi connectivity index (χ0) is 11.9. The molecule has 0 amide bonds. The van der Waals surface area contributed by atoms with Crippen molar-refractivity contribution in [2.45, 2.75) is 44.2 Å². The molecule has 0 aromatic rings. The zero-order valence-electron chi connectivity index (χ0n) is 10.5. The molecular weight excluding hydrogens is 206 g/mol. The third-order valence-corrected chi connectivity index (χ3v) is 3.41. The third kappa shape index (κ3) is 4.01. The average molecular weight is 231 g/mol. The van der Waals surface area contributed by atoms with Crippen molar-refractivity contribution >= 4 is 0 Å². The van der Waals surface area contributed by atoms with E-state index in [-0.39, 0.29) is 12.1 Å². The van der Waals surface area contributed by atoms with Crippen molar-refractivity contribution in [1.82, 2.24) is 5.32 Å². The lowest BCUT2D eigenvalue weighted by atomic mass is 9.86. The smallest absolute Gasteiger partial charge is 0.0615 e. The highest BCUT2D eigenvalue weighted by Crippen LogP contribution is 2.25. The fourth-order valence-electron chi connectivity index (χ4n) is 2.34. The summed E-state index contributed by atoms with van der Waals surface area (Å²) in [5, 5.41) is 12.8. The van der Waals surface area contributed by atoms with Gasteiger partial charge in [-0.3, -0.25) is 0 Å². The Bertz CT molecular complexity index is 176. The number of aliphatic hydroxyl groups is 1. The van der Waals surface area contributed by atoms with Gasteiger partial charge in [-0.05, 0) is 25.7 Å². The molecular formula is C12H25NO3. The molecule has 0 aliphatic carbocycles. The fraction of sp³-hybridized carbons (Fsp3) is 1.00. The molecule has 0 saturated carbocycles. The van der Waals surface area contributed by atoms with Crippen LogP contribution in [0.4, 0.5) is 0 Å². The Kier molecular flexibility index (Phi) is 6.28. The molecule has 1 rings (SSSR count). The first-order valence-corrected chi connectivity index (χ1v) is 6.21. The van der Waals surface area contributed by atoms with Crippen LogP contribution < -0.4 is 5.32 Å². The molecule has 0 aromatic carbocycles. The van der Waals surface area contributed by atoms with Crippen LogP contribution in [0.15, 0.2) is 0 Å². The Balaban J connectivity index is 2.53. The molecule has 1 aliphatic rings. The number of hydrogen-bond donors (Lipinski definition) is 2. The molecule has 0 radical (unpaired) electrons. The van der Waals surface area contributed by atoms with Crippen LogP contribution in [0.5, 0.6) is 0 Å². The van der Waals surface area contributed by atoms with E-state index in [1.165, 1.54) is 0 Å². The Labute approximate surface area is 98.3 Å². The Morgan fingerprint density at radius 2 is 2.12 bits per heavy atom. The maximum atomic E-state index is 9.19. The summed E-state index contributed by atoms with van der Waals surface area (Å²) in [5.41, 5.74) is 0.0478. The van der Waals surface area contributed by atoms with Crippen LogP contribution in [-0.4, -0.2) is 50.2 Å². The molecule has 2 N–H and O–H groups in total. The maximum Gasteiger partial charge on any atom is 0.0615 e. The van der Waals surface area contributed by atoms with E-state index in [0.29, 0.717) is 6.04 Å². The predicted molar refractivity (Wildman–Crippen MR) is 63.6 cm³/mol. The quantitative estimate of drug-likeness (QED) is 0.684. The summed E-state index contributed by atoms with van der Waals surface area (Å²) >= 11 is 0. The van der Waals surface area contributed by atoms with E-state index in [1.807, 2.05) is 0 Å². The van der Waals surface area contributed by atoms with Gasteiger partial charge >= 0.3 is 0 Å². The van der Waals surface area contributed by atoms with E-state index in [4.69, 9.17) is 9.47 Å². The molecule has 0 aromatic heterocycles. The normalized spacial score (nSPS) is 21.9. The van der Waals surface area contributed by atoms with E-state index in [9.17, 15) is 5.11 Å². The number of hydrogen-bond acceptors (Lipinski definition) is 4. The van der Waals surface area contributed by atoms with Gasteiger partial charge in [0.15, 0.2) is 0 Å².